The van der Waals surface area contributed by atoms with E-state index in [1.54, 1.807) is 11.3 Å². The van der Waals surface area contributed by atoms with Gasteiger partial charge in [-0.1, -0.05) is 6.07 Å². The van der Waals surface area contributed by atoms with Crippen molar-refractivity contribution in [2.24, 2.45) is 5.92 Å². The van der Waals surface area contributed by atoms with Crippen LogP contribution in [0.15, 0.2) is 23.6 Å². The van der Waals surface area contributed by atoms with Gasteiger partial charge in [0, 0.05) is 25.1 Å². The van der Waals surface area contributed by atoms with Crippen LogP contribution in [0.3, 0.4) is 0 Å². The van der Waals surface area contributed by atoms with E-state index in [1.807, 2.05) is 0 Å². The number of hydrogen-bond donors (Lipinski definition) is 2. The second-order valence-corrected chi connectivity index (χ2v) is 5.99. The lowest BCUT2D eigenvalue weighted by molar-refractivity contribution is 0.238. The lowest BCUT2D eigenvalue weighted by Crippen LogP contribution is -2.44. The zero-order chi connectivity index (χ0) is 11.9. The molecule has 2 aromatic rings. The summed E-state index contributed by atoms with van der Waals surface area (Å²) in [6, 6.07) is 6.97. The summed E-state index contributed by atoms with van der Waals surface area (Å²) in [7, 11) is 0. The fourth-order valence-corrected chi connectivity index (χ4v) is 3.68. The lowest BCUT2D eigenvalue weighted by atomic mass is 9.92. The van der Waals surface area contributed by atoms with Gasteiger partial charge in [-0.25, -0.2) is 4.68 Å². The Morgan fingerprint density at radius 2 is 2.39 bits per heavy atom. The molecule has 0 bridgehead atoms. The van der Waals surface area contributed by atoms with Crippen LogP contribution < -0.4 is 10.6 Å². The molecule has 1 saturated heterocycles. The molecule has 2 atom stereocenters. The zero-order valence-electron chi connectivity index (χ0n) is 10.1. The summed E-state index contributed by atoms with van der Waals surface area (Å²) in [5.74, 6) is 1.85. The van der Waals surface area contributed by atoms with E-state index >= 15 is 0 Å². The third-order valence-corrected chi connectivity index (χ3v) is 4.83. The van der Waals surface area contributed by atoms with Gasteiger partial charge in [0.2, 0.25) is 0 Å². The summed E-state index contributed by atoms with van der Waals surface area (Å²) < 4.78 is 2.21. The van der Waals surface area contributed by atoms with Crippen LogP contribution in [0, 0.1) is 5.92 Å². The van der Waals surface area contributed by atoms with Crippen molar-refractivity contribution in [1.82, 2.24) is 15.1 Å². The first kappa shape index (κ1) is 10.6. The van der Waals surface area contributed by atoms with Crippen LogP contribution in [0.5, 0.6) is 0 Å². The number of nitrogens with zero attached hydrogens (tertiary/aromatic N) is 2. The van der Waals surface area contributed by atoms with Crippen molar-refractivity contribution in [3.05, 3.63) is 23.6 Å². The van der Waals surface area contributed by atoms with Crippen molar-refractivity contribution in [2.45, 2.75) is 12.5 Å². The summed E-state index contributed by atoms with van der Waals surface area (Å²) in [5, 5.41) is 13.9. The van der Waals surface area contributed by atoms with Crippen LogP contribution in [-0.2, 0) is 0 Å². The van der Waals surface area contributed by atoms with E-state index in [0.29, 0.717) is 12.0 Å². The SMILES string of the molecule is c1csc(-c2cc3n(n2)C2CCNCC2CN3)c1. The quantitative estimate of drug-likeness (QED) is 0.826. The van der Waals surface area contributed by atoms with Crippen molar-refractivity contribution >= 4 is 17.2 Å². The average Bonchev–Trinajstić information content (AvgIpc) is 3.07. The van der Waals surface area contributed by atoms with Crippen LogP contribution in [0.4, 0.5) is 5.82 Å². The fraction of sp³-hybridized carbons (Fsp3) is 0.462. The Bertz CT molecular complexity index is 545. The van der Waals surface area contributed by atoms with Crippen LogP contribution in [0.25, 0.3) is 10.6 Å². The van der Waals surface area contributed by atoms with E-state index < -0.39 is 0 Å². The Kier molecular flexibility index (Phi) is 2.41. The van der Waals surface area contributed by atoms with Gasteiger partial charge in [0.1, 0.15) is 11.5 Å². The third-order valence-electron chi connectivity index (χ3n) is 3.94. The van der Waals surface area contributed by atoms with Gasteiger partial charge >= 0.3 is 0 Å². The van der Waals surface area contributed by atoms with Gasteiger partial charge in [-0.15, -0.1) is 11.3 Å². The van der Waals surface area contributed by atoms with Gasteiger partial charge in [-0.2, -0.15) is 5.10 Å². The highest BCUT2D eigenvalue weighted by atomic mass is 32.1. The largest absolute Gasteiger partial charge is 0.370 e. The Morgan fingerprint density at radius 3 is 3.28 bits per heavy atom. The number of nitrogens with one attached hydrogen (secondary N) is 2. The maximum Gasteiger partial charge on any atom is 0.125 e. The maximum atomic E-state index is 4.81. The number of piperidine rings is 1. The molecule has 4 nitrogen and oxygen atoms in total. The molecule has 2 aromatic heterocycles. The second-order valence-electron chi connectivity index (χ2n) is 5.04. The average molecular weight is 260 g/mol. The number of fused-ring (bicyclic) bond motifs is 3. The maximum absolute atomic E-state index is 4.81. The topological polar surface area (TPSA) is 41.9 Å². The summed E-state index contributed by atoms with van der Waals surface area (Å²) in [5.41, 5.74) is 1.10. The number of aromatic nitrogens is 2. The minimum absolute atomic E-state index is 0.566. The standard InChI is InChI=1S/C13H16N4S/c1-2-12(18-5-1)10-6-13-15-8-9-7-14-4-3-11(9)17(13)16-10/h1-2,5-6,9,11,14-15H,3-4,7-8H2. The first-order valence-corrected chi connectivity index (χ1v) is 7.38. The molecule has 0 saturated carbocycles. The van der Waals surface area contributed by atoms with Crippen molar-refractivity contribution in [2.75, 3.05) is 25.0 Å². The molecule has 0 aliphatic carbocycles. The minimum Gasteiger partial charge on any atom is -0.370 e. The van der Waals surface area contributed by atoms with Gasteiger partial charge in [0.25, 0.3) is 0 Å². The van der Waals surface area contributed by atoms with Crippen molar-refractivity contribution in [1.29, 1.82) is 0 Å². The van der Waals surface area contributed by atoms with Gasteiger partial charge in [0.15, 0.2) is 0 Å². The van der Waals surface area contributed by atoms with Crippen molar-refractivity contribution in [3.63, 3.8) is 0 Å². The van der Waals surface area contributed by atoms with E-state index in [4.69, 9.17) is 5.10 Å². The molecular weight excluding hydrogens is 244 g/mol. The van der Waals surface area contributed by atoms with E-state index in [-0.39, 0.29) is 0 Å². The molecule has 2 aliphatic rings. The molecule has 5 heteroatoms. The van der Waals surface area contributed by atoms with Crippen LogP contribution in [-0.4, -0.2) is 29.4 Å². The van der Waals surface area contributed by atoms with E-state index in [0.717, 1.165) is 25.3 Å². The summed E-state index contributed by atoms with van der Waals surface area (Å²) >= 11 is 1.75. The normalized spacial score (nSPS) is 26.2. The molecule has 4 heterocycles. The van der Waals surface area contributed by atoms with E-state index in [2.05, 4.69) is 38.9 Å². The highest BCUT2D eigenvalue weighted by Gasteiger charge is 2.32. The number of anilines is 1. The second kappa shape index (κ2) is 4.10. The summed E-state index contributed by atoms with van der Waals surface area (Å²) in [4.78, 5) is 1.25. The predicted molar refractivity (Wildman–Crippen MR) is 74.0 cm³/mol. The highest BCUT2D eigenvalue weighted by molar-refractivity contribution is 7.13. The number of thiophene rings is 1. The molecule has 18 heavy (non-hydrogen) atoms. The van der Waals surface area contributed by atoms with Crippen molar-refractivity contribution in [3.8, 4) is 10.6 Å². The number of hydrogen-bond acceptors (Lipinski definition) is 4. The minimum atomic E-state index is 0.566. The van der Waals surface area contributed by atoms with Gasteiger partial charge in [-0.3, -0.25) is 0 Å². The van der Waals surface area contributed by atoms with E-state index in [9.17, 15) is 0 Å². The monoisotopic (exact) mass is 260 g/mol. The molecule has 2 aliphatic heterocycles. The molecule has 94 valence electrons. The van der Waals surface area contributed by atoms with Crippen LogP contribution >= 0.6 is 11.3 Å². The van der Waals surface area contributed by atoms with Crippen molar-refractivity contribution < 1.29 is 0 Å². The molecule has 2 unspecified atom stereocenters. The van der Waals surface area contributed by atoms with Crippen LogP contribution in [0.2, 0.25) is 0 Å². The molecular formula is C13H16N4S. The summed E-state index contributed by atoms with van der Waals surface area (Å²) in [6.07, 6.45) is 1.19. The Hall–Kier alpha value is -1.33. The molecule has 2 N–H and O–H groups in total. The molecule has 1 fully saturated rings. The molecule has 0 radical (unpaired) electrons. The predicted octanol–water partition coefficient (Wildman–Crippen LogP) is 2.19. The van der Waals surface area contributed by atoms with Crippen LogP contribution in [0.1, 0.15) is 12.5 Å². The Morgan fingerprint density at radius 1 is 1.39 bits per heavy atom. The van der Waals surface area contributed by atoms with Gasteiger partial charge in [0.05, 0.1) is 10.9 Å². The first-order valence-electron chi connectivity index (χ1n) is 6.50. The van der Waals surface area contributed by atoms with Gasteiger partial charge in [-0.05, 0) is 24.4 Å². The van der Waals surface area contributed by atoms with Gasteiger partial charge < -0.3 is 10.6 Å². The highest BCUT2D eigenvalue weighted by Crippen LogP contribution is 2.35. The molecule has 0 aromatic carbocycles. The Balaban J connectivity index is 1.74. The first-order chi connectivity index (χ1) is 8.92. The van der Waals surface area contributed by atoms with E-state index in [1.165, 1.54) is 17.1 Å². The fourth-order valence-electron chi connectivity index (χ4n) is 3.00. The number of rotatable bonds is 1. The molecule has 4 rings (SSSR count). The lowest BCUT2D eigenvalue weighted by Gasteiger charge is -2.37. The molecule has 0 amide bonds. The Labute approximate surface area is 110 Å². The third kappa shape index (κ3) is 1.58. The summed E-state index contributed by atoms with van der Waals surface area (Å²) in [6.45, 7) is 3.27. The molecule has 0 spiro atoms. The smallest absolute Gasteiger partial charge is 0.125 e. The zero-order valence-corrected chi connectivity index (χ0v) is 10.9.